The maximum absolute atomic E-state index is 13.3. The molecule has 140 valence electrons. The molecule has 6 heteroatoms. The van der Waals surface area contributed by atoms with Crippen LogP contribution in [0.5, 0.6) is 0 Å². The number of hydrogen-bond acceptors (Lipinski definition) is 3. The first-order chi connectivity index (χ1) is 12.2. The quantitative estimate of drug-likeness (QED) is 0.689. The zero-order valence-electron chi connectivity index (χ0n) is 15.7. The van der Waals surface area contributed by atoms with Crippen LogP contribution in [0.1, 0.15) is 26.7 Å². The van der Waals surface area contributed by atoms with Crippen LogP contribution < -0.4 is 9.80 Å². The Balaban J connectivity index is 1.83. The molecule has 0 radical (unpaired) electrons. The maximum atomic E-state index is 13.3. The number of anilines is 2. The second kappa shape index (κ2) is 7.06. The number of nitrogens with zero attached hydrogens (tertiary/aromatic N) is 3. The Morgan fingerprint density at radius 2 is 1.88 bits per heavy atom. The van der Waals surface area contributed by atoms with Crippen molar-refractivity contribution < 1.29 is 9.59 Å². The normalized spacial score (nSPS) is 19.9. The molecule has 1 aromatic carbocycles. The lowest BCUT2D eigenvalue weighted by Crippen LogP contribution is -2.57. The highest BCUT2D eigenvalue weighted by molar-refractivity contribution is 9.10. The number of halogens is 1. The van der Waals surface area contributed by atoms with Gasteiger partial charge in [0.2, 0.25) is 11.8 Å². The first-order valence-corrected chi connectivity index (χ1v) is 9.80. The Bertz CT molecular complexity index is 739. The number of amides is 2. The fourth-order valence-electron chi connectivity index (χ4n) is 3.79. The molecule has 3 rings (SSSR count). The van der Waals surface area contributed by atoms with Crippen LogP contribution >= 0.6 is 15.9 Å². The van der Waals surface area contributed by atoms with E-state index in [4.69, 9.17) is 0 Å². The van der Waals surface area contributed by atoms with Crippen molar-refractivity contribution in [2.75, 3.05) is 36.5 Å². The van der Waals surface area contributed by atoms with Crippen molar-refractivity contribution in [2.45, 2.75) is 32.2 Å². The number of rotatable bonds is 2. The van der Waals surface area contributed by atoms with E-state index in [0.717, 1.165) is 15.8 Å². The lowest BCUT2D eigenvalue weighted by molar-refractivity contribution is -0.131. The average molecular weight is 420 g/mol. The molecule has 2 amide bonds. The van der Waals surface area contributed by atoms with Crippen LogP contribution in [0.15, 0.2) is 35.3 Å². The molecule has 1 aromatic rings. The molecular weight excluding hydrogens is 394 g/mol. The summed E-state index contributed by atoms with van der Waals surface area (Å²) in [5.74, 6) is 0.0758. The average Bonchev–Trinajstić information content (AvgIpc) is 2.63. The van der Waals surface area contributed by atoms with Crippen molar-refractivity contribution in [1.82, 2.24) is 4.90 Å². The molecule has 2 aliphatic rings. The summed E-state index contributed by atoms with van der Waals surface area (Å²) in [7, 11) is 2.08. The van der Waals surface area contributed by atoms with Crippen LogP contribution in [-0.4, -0.2) is 48.9 Å². The lowest BCUT2D eigenvalue weighted by atomic mass is 9.91. The highest BCUT2D eigenvalue weighted by atomic mass is 79.9. The summed E-state index contributed by atoms with van der Waals surface area (Å²) in [5, 5.41) is 0. The Morgan fingerprint density at radius 1 is 1.23 bits per heavy atom. The van der Waals surface area contributed by atoms with Gasteiger partial charge in [-0.15, -0.1) is 0 Å². The number of fused-ring (bicyclic) bond motifs is 1. The number of likely N-dealkylation sites (tertiary alicyclic amines) is 1. The van der Waals surface area contributed by atoms with Crippen LogP contribution in [0.2, 0.25) is 0 Å². The molecule has 1 fully saturated rings. The molecular formula is C20H26BrN3O2. The van der Waals surface area contributed by atoms with E-state index in [2.05, 4.69) is 54.4 Å². The van der Waals surface area contributed by atoms with E-state index >= 15 is 0 Å². The van der Waals surface area contributed by atoms with Crippen LogP contribution in [0.3, 0.4) is 0 Å². The van der Waals surface area contributed by atoms with Gasteiger partial charge in [0.05, 0.1) is 16.9 Å². The third kappa shape index (κ3) is 3.39. The van der Waals surface area contributed by atoms with Gasteiger partial charge in [-0.1, -0.05) is 22.5 Å². The molecule has 0 spiro atoms. The van der Waals surface area contributed by atoms with E-state index in [0.29, 0.717) is 32.5 Å². The van der Waals surface area contributed by atoms with Gasteiger partial charge in [-0.2, -0.15) is 0 Å². The predicted octanol–water partition coefficient (Wildman–Crippen LogP) is 3.44. The number of carbonyl (C=O) groups excluding carboxylic acids is 2. The van der Waals surface area contributed by atoms with Gasteiger partial charge >= 0.3 is 0 Å². The van der Waals surface area contributed by atoms with E-state index in [1.807, 2.05) is 17.0 Å². The second-order valence-corrected chi connectivity index (χ2v) is 8.65. The van der Waals surface area contributed by atoms with Crippen molar-refractivity contribution in [3.8, 4) is 0 Å². The molecule has 0 unspecified atom stereocenters. The molecule has 0 saturated carbocycles. The van der Waals surface area contributed by atoms with Crippen molar-refractivity contribution in [3.63, 3.8) is 0 Å². The lowest BCUT2D eigenvalue weighted by Gasteiger charge is -2.48. The Hall–Kier alpha value is -1.82. The number of likely N-dealkylation sites (N-methyl/N-ethyl adjacent to an activating group) is 1. The zero-order chi connectivity index (χ0) is 19.1. The molecule has 0 atom stereocenters. The first kappa shape index (κ1) is 19.0. The Labute approximate surface area is 163 Å². The summed E-state index contributed by atoms with van der Waals surface area (Å²) < 4.78 is 1.00. The predicted molar refractivity (Wildman–Crippen MR) is 108 cm³/mol. The number of benzene rings is 1. The van der Waals surface area contributed by atoms with E-state index in [9.17, 15) is 9.59 Å². The smallest absolute Gasteiger partial charge is 0.245 e. The fourth-order valence-corrected chi connectivity index (χ4v) is 4.14. The van der Waals surface area contributed by atoms with Gasteiger partial charge in [-0.05, 0) is 51.0 Å². The summed E-state index contributed by atoms with van der Waals surface area (Å²) in [6.45, 7) is 9.74. The first-order valence-electron chi connectivity index (χ1n) is 9.00. The Morgan fingerprint density at radius 3 is 2.50 bits per heavy atom. The summed E-state index contributed by atoms with van der Waals surface area (Å²) in [4.78, 5) is 31.0. The maximum Gasteiger partial charge on any atom is 0.245 e. The molecule has 26 heavy (non-hydrogen) atoms. The number of carbonyl (C=O) groups is 2. The molecule has 0 aromatic heterocycles. The van der Waals surface area contributed by atoms with E-state index in [-0.39, 0.29) is 23.3 Å². The fraction of sp³-hybridized carbons (Fsp3) is 0.500. The number of piperidine rings is 1. The molecule has 0 bridgehead atoms. The summed E-state index contributed by atoms with van der Waals surface area (Å²) in [6, 6.07) is 6.07. The number of hydrogen-bond donors (Lipinski definition) is 0. The molecule has 5 nitrogen and oxygen atoms in total. The molecule has 0 N–H and O–H groups in total. The van der Waals surface area contributed by atoms with Crippen molar-refractivity contribution in [3.05, 3.63) is 35.3 Å². The molecule has 1 saturated heterocycles. The SMILES string of the molecule is C=CC(=O)N1CCC(C(=O)N2CC(C)(C)N(C)c3cc(Br)ccc32)CC1. The third-order valence-corrected chi connectivity index (χ3v) is 6.13. The van der Waals surface area contributed by atoms with E-state index in [1.54, 1.807) is 4.90 Å². The van der Waals surface area contributed by atoms with Gasteiger partial charge in [0.1, 0.15) is 0 Å². The summed E-state index contributed by atoms with van der Waals surface area (Å²) in [5.41, 5.74) is 1.87. The second-order valence-electron chi connectivity index (χ2n) is 7.73. The monoisotopic (exact) mass is 419 g/mol. The van der Waals surface area contributed by atoms with Crippen LogP contribution in [0.25, 0.3) is 0 Å². The van der Waals surface area contributed by atoms with Crippen LogP contribution in [0, 0.1) is 5.92 Å². The standard InChI is InChI=1S/C20H26BrN3O2/c1-5-18(25)23-10-8-14(9-11-23)19(26)24-13-20(2,3)22(4)17-12-15(21)6-7-16(17)24/h5-7,12,14H,1,8-11,13H2,2-4H3. The highest BCUT2D eigenvalue weighted by Crippen LogP contribution is 2.41. The van der Waals surface area contributed by atoms with Gasteiger partial charge in [-0.25, -0.2) is 0 Å². The molecule has 2 heterocycles. The largest absolute Gasteiger partial charge is 0.366 e. The minimum absolute atomic E-state index is 0.0421. The molecule has 2 aliphatic heterocycles. The minimum atomic E-state index is -0.150. The summed E-state index contributed by atoms with van der Waals surface area (Å²) >= 11 is 3.54. The Kier molecular flexibility index (Phi) is 5.15. The minimum Gasteiger partial charge on any atom is -0.366 e. The van der Waals surface area contributed by atoms with Gasteiger partial charge < -0.3 is 14.7 Å². The van der Waals surface area contributed by atoms with Gasteiger partial charge in [0.15, 0.2) is 0 Å². The zero-order valence-corrected chi connectivity index (χ0v) is 17.3. The van der Waals surface area contributed by atoms with Gasteiger partial charge in [0.25, 0.3) is 0 Å². The van der Waals surface area contributed by atoms with Crippen molar-refractivity contribution in [1.29, 1.82) is 0 Å². The third-order valence-electron chi connectivity index (χ3n) is 5.64. The van der Waals surface area contributed by atoms with E-state index in [1.165, 1.54) is 6.08 Å². The van der Waals surface area contributed by atoms with E-state index < -0.39 is 0 Å². The summed E-state index contributed by atoms with van der Waals surface area (Å²) in [6.07, 6.45) is 2.76. The highest BCUT2D eigenvalue weighted by Gasteiger charge is 2.39. The topological polar surface area (TPSA) is 43.9 Å². The molecule has 0 aliphatic carbocycles. The van der Waals surface area contributed by atoms with Crippen molar-refractivity contribution >= 4 is 39.1 Å². The van der Waals surface area contributed by atoms with Gasteiger partial charge in [0, 0.05) is 37.1 Å². The van der Waals surface area contributed by atoms with Crippen molar-refractivity contribution in [2.24, 2.45) is 5.92 Å². The van der Waals surface area contributed by atoms with Crippen LogP contribution in [0.4, 0.5) is 11.4 Å². The van der Waals surface area contributed by atoms with Gasteiger partial charge in [-0.3, -0.25) is 9.59 Å². The van der Waals surface area contributed by atoms with Crippen LogP contribution in [-0.2, 0) is 9.59 Å².